The molecule has 0 heterocycles. The molecule has 0 aliphatic carbocycles. The summed E-state index contributed by atoms with van der Waals surface area (Å²) in [5.41, 5.74) is 0.669. The molecule has 0 aromatic heterocycles. The smallest absolute Gasteiger partial charge is 0.331 e. The fraction of sp³-hybridized carbons (Fsp3) is 0.182. The maximum absolute atomic E-state index is 10.6. The molecule has 0 aliphatic heterocycles. The number of benzene rings is 1. The third kappa shape index (κ3) is 2.68. The van der Waals surface area contributed by atoms with Crippen molar-refractivity contribution in [3.8, 4) is 5.75 Å². The fourth-order valence-electron chi connectivity index (χ4n) is 1.17. The number of aliphatic carboxylic acids is 1. The summed E-state index contributed by atoms with van der Waals surface area (Å²) in [5.74, 6) is -0.598. The monoisotopic (exact) mass is 260 g/mol. The van der Waals surface area contributed by atoms with Gasteiger partial charge in [0.05, 0.1) is 12.1 Å². The van der Waals surface area contributed by atoms with E-state index >= 15 is 0 Å². The van der Waals surface area contributed by atoms with E-state index < -0.39 is 5.97 Å². The van der Waals surface area contributed by atoms with E-state index in [0.29, 0.717) is 16.3 Å². The highest BCUT2D eigenvalue weighted by atomic mass is 35.5. The van der Waals surface area contributed by atoms with Gasteiger partial charge in [-0.1, -0.05) is 35.8 Å². The normalized spacial score (nSPS) is 9.94. The number of carboxylic acid groups (broad SMARTS) is 1. The third-order valence-corrected chi connectivity index (χ3v) is 2.96. The second-order valence-corrected chi connectivity index (χ2v) is 3.90. The van der Waals surface area contributed by atoms with Crippen molar-refractivity contribution in [2.75, 3.05) is 7.11 Å². The maximum atomic E-state index is 10.6. The van der Waals surface area contributed by atoms with Crippen LogP contribution in [0.15, 0.2) is 24.3 Å². The average Bonchev–Trinajstić information content (AvgIpc) is 2.25. The lowest BCUT2D eigenvalue weighted by atomic mass is 10.1. The first-order valence-corrected chi connectivity index (χ1v) is 5.15. The molecule has 0 aliphatic rings. The molecule has 1 aromatic rings. The van der Waals surface area contributed by atoms with Gasteiger partial charge in [0.2, 0.25) is 0 Å². The quantitative estimate of drug-likeness (QED) is 0.846. The summed E-state index contributed by atoms with van der Waals surface area (Å²) in [4.78, 5) is 10.6. The van der Waals surface area contributed by atoms with E-state index in [-0.39, 0.29) is 17.0 Å². The van der Waals surface area contributed by atoms with Crippen LogP contribution >= 0.6 is 23.2 Å². The van der Waals surface area contributed by atoms with Gasteiger partial charge in [0.1, 0.15) is 10.8 Å². The zero-order valence-corrected chi connectivity index (χ0v) is 10.1. The molecule has 0 amide bonds. The van der Waals surface area contributed by atoms with Crippen LogP contribution in [0.2, 0.25) is 10.0 Å². The molecule has 1 N–H and O–H groups in total. The molecule has 16 heavy (non-hydrogen) atoms. The van der Waals surface area contributed by atoms with Crippen LogP contribution in [0, 0.1) is 0 Å². The highest BCUT2D eigenvalue weighted by molar-refractivity contribution is 6.43. The Hall–Kier alpha value is -1.19. The lowest BCUT2D eigenvalue weighted by molar-refractivity contribution is -0.132. The van der Waals surface area contributed by atoms with E-state index in [1.165, 1.54) is 7.11 Å². The predicted octanol–water partition coefficient (Wildman–Crippen LogP) is 3.19. The van der Waals surface area contributed by atoms with E-state index in [0.717, 1.165) is 0 Å². The molecule has 0 spiro atoms. The largest absolute Gasteiger partial charge is 0.495 e. The van der Waals surface area contributed by atoms with Crippen LogP contribution in [0.1, 0.15) is 5.56 Å². The molecule has 0 saturated carbocycles. The van der Waals surface area contributed by atoms with Gasteiger partial charge < -0.3 is 9.84 Å². The molecule has 86 valence electrons. The standard InChI is InChI=1S/C11H10Cl2O3/c1-6(11(14)15)5-7-3-4-8(16-2)10(13)9(7)12/h3-4H,1,5H2,2H3,(H,14,15). The Morgan fingerprint density at radius 2 is 2.06 bits per heavy atom. The van der Waals surface area contributed by atoms with Crippen LogP contribution in [0.3, 0.4) is 0 Å². The number of methoxy groups -OCH3 is 1. The number of carboxylic acids is 1. The molecule has 5 heteroatoms. The minimum atomic E-state index is -1.05. The summed E-state index contributed by atoms with van der Waals surface area (Å²) in [6.45, 7) is 3.43. The zero-order chi connectivity index (χ0) is 12.3. The summed E-state index contributed by atoms with van der Waals surface area (Å²) in [5, 5.41) is 9.28. The number of hydrogen-bond donors (Lipinski definition) is 1. The van der Waals surface area contributed by atoms with Gasteiger partial charge in [0.15, 0.2) is 0 Å². The molecule has 3 nitrogen and oxygen atoms in total. The van der Waals surface area contributed by atoms with Crippen molar-refractivity contribution in [1.82, 2.24) is 0 Å². The summed E-state index contributed by atoms with van der Waals surface area (Å²) in [6.07, 6.45) is 0.151. The molecule has 1 aromatic carbocycles. The minimum Gasteiger partial charge on any atom is -0.495 e. The van der Waals surface area contributed by atoms with Gasteiger partial charge in [-0.05, 0) is 11.6 Å². The first-order valence-electron chi connectivity index (χ1n) is 4.39. The van der Waals surface area contributed by atoms with Crippen LogP contribution in [0.25, 0.3) is 0 Å². The fourth-order valence-corrected chi connectivity index (χ4v) is 1.66. The Bertz CT molecular complexity index is 441. The van der Waals surface area contributed by atoms with Gasteiger partial charge in [0.25, 0.3) is 0 Å². The van der Waals surface area contributed by atoms with Gasteiger partial charge in [0, 0.05) is 12.0 Å². The number of halogens is 2. The first-order chi connectivity index (χ1) is 7.47. The number of ether oxygens (including phenoxy) is 1. The highest BCUT2D eigenvalue weighted by Gasteiger charge is 2.13. The van der Waals surface area contributed by atoms with Crippen molar-refractivity contribution in [3.63, 3.8) is 0 Å². The molecule has 0 radical (unpaired) electrons. The second-order valence-electron chi connectivity index (χ2n) is 3.14. The summed E-state index contributed by atoms with van der Waals surface area (Å²) >= 11 is 11.9. The molecule has 0 bridgehead atoms. The van der Waals surface area contributed by atoms with Crippen LogP contribution in [-0.2, 0) is 11.2 Å². The SMILES string of the molecule is C=C(Cc1ccc(OC)c(Cl)c1Cl)C(=O)O. The van der Waals surface area contributed by atoms with Gasteiger partial charge >= 0.3 is 5.97 Å². The molecular formula is C11H10Cl2O3. The van der Waals surface area contributed by atoms with Gasteiger partial charge in [-0.25, -0.2) is 4.79 Å². The Morgan fingerprint density at radius 3 is 2.56 bits per heavy atom. The lowest BCUT2D eigenvalue weighted by Crippen LogP contribution is -2.03. The van der Waals surface area contributed by atoms with Crippen LogP contribution in [-0.4, -0.2) is 18.2 Å². The van der Waals surface area contributed by atoms with Gasteiger partial charge in [-0.3, -0.25) is 0 Å². The molecule has 0 fully saturated rings. The third-order valence-electron chi connectivity index (χ3n) is 2.05. The number of carbonyl (C=O) groups is 1. The summed E-state index contributed by atoms with van der Waals surface area (Å²) < 4.78 is 4.98. The average molecular weight is 261 g/mol. The summed E-state index contributed by atoms with van der Waals surface area (Å²) in [7, 11) is 1.48. The first kappa shape index (κ1) is 12.9. The van der Waals surface area contributed by atoms with Gasteiger partial charge in [-0.15, -0.1) is 0 Å². The minimum absolute atomic E-state index is 0.0585. The van der Waals surface area contributed by atoms with Gasteiger partial charge in [-0.2, -0.15) is 0 Å². The Morgan fingerprint density at radius 1 is 1.44 bits per heavy atom. The van der Waals surface area contributed by atoms with E-state index in [4.69, 9.17) is 33.0 Å². The van der Waals surface area contributed by atoms with Crippen LogP contribution in [0.4, 0.5) is 0 Å². The van der Waals surface area contributed by atoms with Crippen molar-refractivity contribution >= 4 is 29.2 Å². The van der Waals surface area contributed by atoms with E-state index in [9.17, 15) is 4.79 Å². The van der Waals surface area contributed by atoms with Crippen LogP contribution in [0.5, 0.6) is 5.75 Å². The lowest BCUT2D eigenvalue weighted by Gasteiger charge is -2.09. The number of hydrogen-bond acceptors (Lipinski definition) is 2. The predicted molar refractivity (Wildman–Crippen MR) is 63.5 cm³/mol. The molecule has 0 saturated heterocycles. The molecule has 0 atom stereocenters. The second kappa shape index (κ2) is 5.23. The van der Waals surface area contributed by atoms with Crippen molar-refractivity contribution < 1.29 is 14.6 Å². The maximum Gasteiger partial charge on any atom is 0.331 e. The Labute approximate surface area is 103 Å². The molecule has 1 rings (SSSR count). The highest BCUT2D eigenvalue weighted by Crippen LogP contribution is 2.35. The van der Waals surface area contributed by atoms with Crippen molar-refractivity contribution in [2.45, 2.75) is 6.42 Å². The molecule has 0 unspecified atom stereocenters. The molecular weight excluding hydrogens is 251 g/mol. The van der Waals surface area contributed by atoms with E-state index in [1.807, 2.05) is 0 Å². The zero-order valence-electron chi connectivity index (χ0n) is 8.59. The Balaban J connectivity index is 3.04. The van der Waals surface area contributed by atoms with E-state index in [2.05, 4.69) is 6.58 Å². The van der Waals surface area contributed by atoms with Crippen molar-refractivity contribution in [1.29, 1.82) is 0 Å². The number of rotatable bonds is 4. The van der Waals surface area contributed by atoms with E-state index in [1.54, 1.807) is 12.1 Å². The van der Waals surface area contributed by atoms with Crippen molar-refractivity contribution in [3.05, 3.63) is 39.9 Å². The topological polar surface area (TPSA) is 46.5 Å². The van der Waals surface area contributed by atoms with Crippen molar-refractivity contribution in [2.24, 2.45) is 0 Å². The summed E-state index contributed by atoms with van der Waals surface area (Å²) in [6, 6.07) is 3.31. The Kier molecular flexibility index (Phi) is 4.21. The van der Waals surface area contributed by atoms with Crippen LogP contribution < -0.4 is 4.74 Å².